The van der Waals surface area contributed by atoms with E-state index in [9.17, 15) is 14.4 Å². The van der Waals surface area contributed by atoms with Crippen LogP contribution in [0.3, 0.4) is 0 Å². The third-order valence-electron chi connectivity index (χ3n) is 6.24. The van der Waals surface area contributed by atoms with E-state index >= 15 is 0 Å². The zero-order chi connectivity index (χ0) is 22.0. The van der Waals surface area contributed by atoms with E-state index in [2.05, 4.69) is 20.3 Å². The fourth-order valence-electron chi connectivity index (χ4n) is 4.50. The van der Waals surface area contributed by atoms with E-state index < -0.39 is 5.41 Å². The minimum atomic E-state index is -0.743. The quantitative estimate of drug-likeness (QED) is 0.681. The highest BCUT2D eigenvalue weighted by molar-refractivity contribution is 5.87. The van der Waals surface area contributed by atoms with Crippen molar-refractivity contribution in [3.05, 3.63) is 57.5 Å². The zero-order valence-corrected chi connectivity index (χ0v) is 17.8. The van der Waals surface area contributed by atoms with Crippen LogP contribution in [0.25, 0.3) is 0 Å². The summed E-state index contributed by atoms with van der Waals surface area (Å²) in [7, 11) is 0. The predicted molar refractivity (Wildman–Crippen MR) is 112 cm³/mol. The van der Waals surface area contributed by atoms with Crippen molar-refractivity contribution in [1.29, 1.82) is 0 Å². The lowest BCUT2D eigenvalue weighted by atomic mass is 9.80. The summed E-state index contributed by atoms with van der Waals surface area (Å²) in [4.78, 5) is 51.2. The van der Waals surface area contributed by atoms with Gasteiger partial charge in [0, 0.05) is 55.1 Å². The molecule has 0 saturated carbocycles. The van der Waals surface area contributed by atoms with Gasteiger partial charge in [-0.1, -0.05) is 6.07 Å². The Morgan fingerprint density at radius 1 is 1.35 bits per heavy atom. The zero-order valence-electron chi connectivity index (χ0n) is 17.8. The number of carbonyl (C=O) groups excluding carboxylic acids is 2. The van der Waals surface area contributed by atoms with Crippen molar-refractivity contribution < 1.29 is 14.3 Å². The summed E-state index contributed by atoms with van der Waals surface area (Å²) < 4.78 is 5.62. The molecule has 0 bridgehead atoms. The Hall–Kier alpha value is -3.07. The summed E-state index contributed by atoms with van der Waals surface area (Å²) in [6, 6.07) is 5.69. The standard InChI is InChI=1S/C22H27N5O4/c1-14-18(20(29)26-15(2)25-14)9-19(28)27-10-16-11-31-13-22(16,12-27)21(30)24-8-6-17-5-3-4-7-23-17/h3-5,7,16H,6,8-13H2,1-2H3,(H,24,30)(H,25,26,29)/t16-,22-/m0/s1. The second-order valence-corrected chi connectivity index (χ2v) is 8.36. The van der Waals surface area contributed by atoms with E-state index in [4.69, 9.17) is 4.74 Å². The summed E-state index contributed by atoms with van der Waals surface area (Å²) in [5.41, 5.74) is 0.808. The summed E-state index contributed by atoms with van der Waals surface area (Å²) >= 11 is 0. The highest BCUT2D eigenvalue weighted by Gasteiger charge is 2.56. The second-order valence-electron chi connectivity index (χ2n) is 8.36. The molecule has 4 heterocycles. The maximum atomic E-state index is 13.1. The number of aryl methyl sites for hydroxylation is 2. The lowest BCUT2D eigenvalue weighted by Gasteiger charge is -2.26. The van der Waals surface area contributed by atoms with E-state index in [1.54, 1.807) is 24.9 Å². The van der Waals surface area contributed by atoms with E-state index in [0.717, 1.165) is 5.69 Å². The van der Waals surface area contributed by atoms with Gasteiger partial charge in [0.05, 0.1) is 25.0 Å². The third kappa shape index (κ3) is 4.23. The van der Waals surface area contributed by atoms with E-state index in [-0.39, 0.29) is 29.7 Å². The van der Waals surface area contributed by atoms with Crippen LogP contribution in [0.4, 0.5) is 0 Å². The highest BCUT2D eigenvalue weighted by Crippen LogP contribution is 2.41. The van der Waals surface area contributed by atoms with Gasteiger partial charge in [-0.2, -0.15) is 0 Å². The van der Waals surface area contributed by atoms with Gasteiger partial charge in [0.2, 0.25) is 11.8 Å². The summed E-state index contributed by atoms with van der Waals surface area (Å²) in [5.74, 6) is 0.205. The SMILES string of the molecule is Cc1nc(C)c(CC(=O)N2C[C@H]3COC[C@@]3(C(=O)NCCc3ccccn3)C2)c(=O)[nH]1. The number of pyridine rings is 1. The number of nitrogens with one attached hydrogen (secondary N) is 2. The number of rotatable bonds is 6. The first-order chi connectivity index (χ1) is 14.9. The van der Waals surface area contributed by atoms with Crippen molar-refractivity contribution in [1.82, 2.24) is 25.2 Å². The van der Waals surface area contributed by atoms with Crippen LogP contribution in [0.1, 0.15) is 22.8 Å². The Labute approximate surface area is 180 Å². The monoisotopic (exact) mass is 425 g/mol. The Morgan fingerprint density at radius 2 is 2.19 bits per heavy atom. The number of likely N-dealkylation sites (tertiary alicyclic amines) is 1. The van der Waals surface area contributed by atoms with Crippen molar-refractivity contribution in [2.75, 3.05) is 32.8 Å². The first-order valence-electron chi connectivity index (χ1n) is 10.5. The molecule has 2 aliphatic rings. The first kappa shape index (κ1) is 21.2. The molecule has 164 valence electrons. The molecular weight excluding hydrogens is 398 g/mol. The van der Waals surface area contributed by atoms with Crippen LogP contribution >= 0.6 is 0 Å². The van der Waals surface area contributed by atoms with Crippen LogP contribution in [0, 0.1) is 25.2 Å². The van der Waals surface area contributed by atoms with E-state index in [0.29, 0.717) is 56.4 Å². The fraction of sp³-hybridized carbons (Fsp3) is 0.500. The van der Waals surface area contributed by atoms with Gasteiger partial charge in [0.15, 0.2) is 0 Å². The molecule has 2 saturated heterocycles. The molecule has 0 radical (unpaired) electrons. The average molecular weight is 425 g/mol. The number of aromatic amines is 1. The number of hydrogen-bond donors (Lipinski definition) is 2. The smallest absolute Gasteiger partial charge is 0.254 e. The summed E-state index contributed by atoms with van der Waals surface area (Å²) in [6.45, 7) is 5.39. The van der Waals surface area contributed by atoms with Crippen LogP contribution in [0.5, 0.6) is 0 Å². The molecule has 0 spiro atoms. The topological polar surface area (TPSA) is 117 Å². The van der Waals surface area contributed by atoms with E-state index in [1.165, 1.54) is 0 Å². The minimum absolute atomic E-state index is 0.0284. The van der Waals surface area contributed by atoms with Gasteiger partial charge in [-0.05, 0) is 26.0 Å². The Balaban J connectivity index is 1.41. The van der Waals surface area contributed by atoms with Gasteiger partial charge in [-0.15, -0.1) is 0 Å². The predicted octanol–water partition coefficient (Wildman–Crippen LogP) is 0.158. The van der Waals surface area contributed by atoms with Crippen molar-refractivity contribution in [2.45, 2.75) is 26.7 Å². The average Bonchev–Trinajstić information content (AvgIpc) is 3.30. The van der Waals surface area contributed by atoms with Gasteiger partial charge in [-0.25, -0.2) is 4.98 Å². The molecule has 2 fully saturated rings. The molecule has 0 aliphatic carbocycles. The Morgan fingerprint density at radius 3 is 2.94 bits per heavy atom. The lowest BCUT2D eigenvalue weighted by Crippen LogP contribution is -2.47. The number of hydrogen-bond acceptors (Lipinski definition) is 6. The Kier molecular flexibility index (Phi) is 5.86. The molecule has 9 nitrogen and oxygen atoms in total. The number of H-pyrrole nitrogens is 1. The number of nitrogens with zero attached hydrogens (tertiary/aromatic N) is 3. The number of carbonyl (C=O) groups is 2. The van der Waals surface area contributed by atoms with Crippen LogP contribution in [0.15, 0.2) is 29.2 Å². The van der Waals surface area contributed by atoms with Crippen molar-refractivity contribution in [3.63, 3.8) is 0 Å². The fourth-order valence-corrected chi connectivity index (χ4v) is 4.50. The van der Waals surface area contributed by atoms with Crippen molar-refractivity contribution in [2.24, 2.45) is 11.3 Å². The molecule has 2 N–H and O–H groups in total. The maximum absolute atomic E-state index is 13.1. The summed E-state index contributed by atoms with van der Waals surface area (Å²) in [6.07, 6.45) is 2.34. The van der Waals surface area contributed by atoms with Crippen molar-refractivity contribution in [3.8, 4) is 0 Å². The molecule has 2 atom stereocenters. The molecule has 2 aromatic heterocycles. The number of ether oxygens (including phenoxy) is 1. The number of fused-ring (bicyclic) bond motifs is 1. The molecule has 2 aliphatic heterocycles. The van der Waals surface area contributed by atoms with E-state index in [1.807, 2.05) is 18.2 Å². The molecule has 0 aromatic carbocycles. The molecule has 31 heavy (non-hydrogen) atoms. The van der Waals surface area contributed by atoms with Gasteiger partial charge >= 0.3 is 0 Å². The van der Waals surface area contributed by atoms with Crippen molar-refractivity contribution >= 4 is 11.8 Å². The third-order valence-corrected chi connectivity index (χ3v) is 6.24. The lowest BCUT2D eigenvalue weighted by molar-refractivity contribution is -0.133. The van der Waals surface area contributed by atoms with Crippen LogP contribution < -0.4 is 10.9 Å². The van der Waals surface area contributed by atoms with Gasteiger partial charge in [0.1, 0.15) is 5.82 Å². The first-order valence-corrected chi connectivity index (χ1v) is 10.5. The van der Waals surface area contributed by atoms with Crippen LogP contribution in [-0.2, 0) is 27.2 Å². The second kappa shape index (κ2) is 8.58. The molecule has 2 amide bonds. The number of amides is 2. The largest absolute Gasteiger partial charge is 0.380 e. The highest BCUT2D eigenvalue weighted by atomic mass is 16.5. The molecule has 0 unspecified atom stereocenters. The minimum Gasteiger partial charge on any atom is -0.380 e. The van der Waals surface area contributed by atoms with Crippen LogP contribution in [-0.4, -0.2) is 64.5 Å². The molecule has 2 aromatic rings. The molecule has 4 rings (SSSR count). The van der Waals surface area contributed by atoms with Gasteiger partial charge < -0.3 is 19.9 Å². The van der Waals surface area contributed by atoms with Gasteiger partial charge in [-0.3, -0.25) is 19.4 Å². The van der Waals surface area contributed by atoms with Gasteiger partial charge in [0.25, 0.3) is 5.56 Å². The van der Waals surface area contributed by atoms with Crippen LogP contribution in [0.2, 0.25) is 0 Å². The Bertz CT molecular complexity index is 1040. The maximum Gasteiger partial charge on any atom is 0.254 e. The molecular formula is C22H27N5O4. The normalized spacial score (nSPS) is 22.4. The molecule has 9 heteroatoms. The summed E-state index contributed by atoms with van der Waals surface area (Å²) in [5, 5.41) is 3.01. The number of aromatic nitrogens is 3.